The number of aromatic amines is 1. The number of nitrogens with one attached hydrogen (secondary N) is 2. The molecule has 2 N–H and O–H groups in total. The van der Waals surface area contributed by atoms with Crippen LogP contribution in [0, 0.1) is 6.92 Å². The van der Waals surface area contributed by atoms with E-state index in [1.54, 1.807) is 13.1 Å². The quantitative estimate of drug-likeness (QED) is 0.840. The molecule has 23 heavy (non-hydrogen) atoms. The molecule has 7 heteroatoms. The van der Waals surface area contributed by atoms with Crippen LogP contribution < -0.4 is 10.9 Å². The topological polar surface area (TPSA) is 92.7 Å². The summed E-state index contributed by atoms with van der Waals surface area (Å²) in [6.07, 6.45) is 4.05. The molecule has 0 aliphatic heterocycles. The predicted molar refractivity (Wildman–Crippen MR) is 87.3 cm³/mol. The van der Waals surface area contributed by atoms with Crippen LogP contribution in [0.4, 0.5) is 0 Å². The van der Waals surface area contributed by atoms with Crippen molar-refractivity contribution >= 4 is 5.91 Å². The average Bonchev–Trinajstić information content (AvgIpc) is 2.94. The Morgan fingerprint density at radius 1 is 1.39 bits per heavy atom. The highest BCUT2D eigenvalue weighted by molar-refractivity contribution is 5.79. The third-order valence-electron chi connectivity index (χ3n) is 3.61. The Bertz CT molecular complexity index is 732. The molecule has 0 spiro atoms. The molecular weight excluding hydrogens is 294 g/mol. The number of aromatic nitrogens is 4. The molecule has 0 fully saturated rings. The van der Waals surface area contributed by atoms with Crippen LogP contribution in [-0.2, 0) is 11.2 Å². The molecule has 1 amide bonds. The van der Waals surface area contributed by atoms with E-state index < -0.39 is 0 Å². The first-order valence-electron chi connectivity index (χ1n) is 7.75. The number of carbonyl (C=O) groups excluding carboxylic acids is 1. The van der Waals surface area contributed by atoms with Gasteiger partial charge in [0.2, 0.25) is 5.91 Å². The number of H-pyrrole nitrogens is 1. The SMILES string of the molecule is Cc1nc(CCNC(=O)C(C)n2ccnc2C(C)C)cc(=O)[nH]1. The molecule has 2 rings (SSSR count). The van der Waals surface area contributed by atoms with Crippen molar-refractivity contribution in [1.29, 1.82) is 0 Å². The van der Waals surface area contributed by atoms with Gasteiger partial charge in [-0.3, -0.25) is 9.59 Å². The standard InChI is InChI=1S/C16H23N5O2/c1-10(2)15-17-7-8-21(15)11(3)16(23)18-6-5-13-9-14(22)20-12(4)19-13/h7-11H,5-6H2,1-4H3,(H,18,23)(H,19,20,22). The van der Waals surface area contributed by atoms with Crippen LogP contribution in [-0.4, -0.2) is 32.0 Å². The fourth-order valence-corrected chi connectivity index (χ4v) is 2.46. The fourth-order valence-electron chi connectivity index (χ4n) is 2.46. The summed E-state index contributed by atoms with van der Waals surface area (Å²) >= 11 is 0. The van der Waals surface area contributed by atoms with E-state index in [0.29, 0.717) is 24.5 Å². The molecule has 2 heterocycles. The number of rotatable bonds is 6. The largest absolute Gasteiger partial charge is 0.354 e. The zero-order valence-corrected chi connectivity index (χ0v) is 14.0. The first-order chi connectivity index (χ1) is 10.9. The third kappa shape index (κ3) is 4.28. The Labute approximate surface area is 135 Å². The van der Waals surface area contributed by atoms with Crippen LogP contribution in [0.15, 0.2) is 23.3 Å². The summed E-state index contributed by atoms with van der Waals surface area (Å²) < 4.78 is 1.88. The number of nitrogens with zero attached hydrogens (tertiary/aromatic N) is 3. The van der Waals surface area contributed by atoms with Crippen LogP contribution in [0.5, 0.6) is 0 Å². The molecule has 0 radical (unpaired) electrons. The number of carbonyl (C=O) groups is 1. The van der Waals surface area contributed by atoms with Gasteiger partial charge in [0, 0.05) is 43.0 Å². The Balaban J connectivity index is 1.94. The van der Waals surface area contributed by atoms with Crippen molar-refractivity contribution in [2.75, 3.05) is 6.54 Å². The van der Waals surface area contributed by atoms with Crippen LogP contribution in [0.1, 0.15) is 50.1 Å². The normalized spacial score (nSPS) is 12.4. The van der Waals surface area contributed by atoms with Gasteiger partial charge in [0.15, 0.2) is 0 Å². The van der Waals surface area contributed by atoms with Crippen molar-refractivity contribution in [3.8, 4) is 0 Å². The second-order valence-electron chi connectivity index (χ2n) is 5.89. The summed E-state index contributed by atoms with van der Waals surface area (Å²) in [5.41, 5.74) is 0.497. The van der Waals surface area contributed by atoms with Crippen LogP contribution >= 0.6 is 0 Å². The molecule has 0 aromatic carbocycles. The number of amides is 1. The van der Waals surface area contributed by atoms with Gasteiger partial charge in [0.1, 0.15) is 17.7 Å². The van der Waals surface area contributed by atoms with Crippen LogP contribution in [0.2, 0.25) is 0 Å². The first kappa shape index (κ1) is 16.9. The van der Waals surface area contributed by atoms with Gasteiger partial charge in [0.25, 0.3) is 5.56 Å². The summed E-state index contributed by atoms with van der Waals surface area (Å²) in [6, 6.07) is 1.12. The number of aryl methyl sites for hydroxylation is 1. The lowest BCUT2D eigenvalue weighted by Crippen LogP contribution is -2.33. The van der Waals surface area contributed by atoms with Crippen LogP contribution in [0.25, 0.3) is 0 Å². The van der Waals surface area contributed by atoms with Gasteiger partial charge in [-0.15, -0.1) is 0 Å². The molecular formula is C16H23N5O2. The van der Waals surface area contributed by atoms with Gasteiger partial charge in [-0.25, -0.2) is 9.97 Å². The highest BCUT2D eigenvalue weighted by Crippen LogP contribution is 2.17. The average molecular weight is 317 g/mol. The molecule has 124 valence electrons. The van der Waals surface area contributed by atoms with Gasteiger partial charge in [0.05, 0.1) is 0 Å². The molecule has 0 aliphatic carbocycles. The number of hydrogen-bond acceptors (Lipinski definition) is 4. The van der Waals surface area contributed by atoms with Gasteiger partial charge in [-0.05, 0) is 13.8 Å². The Morgan fingerprint density at radius 3 is 2.78 bits per heavy atom. The number of hydrogen-bond donors (Lipinski definition) is 2. The van der Waals surface area contributed by atoms with E-state index in [1.165, 1.54) is 6.07 Å². The van der Waals surface area contributed by atoms with E-state index in [9.17, 15) is 9.59 Å². The molecule has 1 unspecified atom stereocenters. The Kier molecular flexibility index (Phi) is 5.31. The zero-order chi connectivity index (χ0) is 17.0. The molecule has 0 saturated carbocycles. The molecule has 7 nitrogen and oxygen atoms in total. The predicted octanol–water partition coefficient (Wildman–Crippen LogP) is 1.32. The Morgan fingerprint density at radius 2 is 2.13 bits per heavy atom. The summed E-state index contributed by atoms with van der Waals surface area (Å²) in [5, 5.41) is 2.88. The van der Waals surface area contributed by atoms with E-state index in [2.05, 4.69) is 20.3 Å². The van der Waals surface area contributed by atoms with Crippen molar-refractivity contribution < 1.29 is 4.79 Å². The lowest BCUT2D eigenvalue weighted by molar-refractivity contribution is -0.123. The second kappa shape index (κ2) is 7.21. The maximum Gasteiger partial charge on any atom is 0.251 e. The first-order valence-corrected chi connectivity index (χ1v) is 7.75. The van der Waals surface area contributed by atoms with Gasteiger partial charge in [-0.2, -0.15) is 0 Å². The summed E-state index contributed by atoms with van der Waals surface area (Å²) in [5.74, 6) is 1.64. The molecule has 0 aliphatic rings. The molecule has 2 aromatic heterocycles. The highest BCUT2D eigenvalue weighted by Gasteiger charge is 2.18. The molecule has 1 atom stereocenters. The smallest absolute Gasteiger partial charge is 0.251 e. The highest BCUT2D eigenvalue weighted by atomic mass is 16.2. The van der Waals surface area contributed by atoms with Gasteiger partial charge < -0.3 is 14.9 Å². The van der Waals surface area contributed by atoms with E-state index in [1.807, 2.05) is 31.5 Å². The van der Waals surface area contributed by atoms with E-state index >= 15 is 0 Å². The van der Waals surface area contributed by atoms with Crippen molar-refractivity contribution in [3.05, 3.63) is 46.2 Å². The molecule has 0 bridgehead atoms. The summed E-state index contributed by atoms with van der Waals surface area (Å²) in [4.78, 5) is 34.8. The van der Waals surface area contributed by atoms with Crippen LogP contribution in [0.3, 0.4) is 0 Å². The van der Waals surface area contributed by atoms with Crippen molar-refractivity contribution in [3.63, 3.8) is 0 Å². The number of imidazole rings is 1. The minimum Gasteiger partial charge on any atom is -0.354 e. The third-order valence-corrected chi connectivity index (χ3v) is 3.61. The minimum atomic E-state index is -0.330. The van der Waals surface area contributed by atoms with Crippen molar-refractivity contribution in [2.45, 2.75) is 46.1 Å². The second-order valence-corrected chi connectivity index (χ2v) is 5.89. The minimum absolute atomic E-state index is 0.0773. The molecule has 0 saturated heterocycles. The summed E-state index contributed by atoms with van der Waals surface area (Å²) in [7, 11) is 0. The monoisotopic (exact) mass is 317 g/mol. The van der Waals surface area contributed by atoms with E-state index in [0.717, 1.165) is 5.82 Å². The maximum atomic E-state index is 12.3. The fraction of sp³-hybridized carbons (Fsp3) is 0.500. The van der Waals surface area contributed by atoms with Crippen molar-refractivity contribution in [2.24, 2.45) is 0 Å². The van der Waals surface area contributed by atoms with E-state index in [-0.39, 0.29) is 23.4 Å². The van der Waals surface area contributed by atoms with Gasteiger partial charge in [-0.1, -0.05) is 13.8 Å². The maximum absolute atomic E-state index is 12.3. The zero-order valence-electron chi connectivity index (χ0n) is 14.0. The summed E-state index contributed by atoms with van der Waals surface area (Å²) in [6.45, 7) is 8.11. The lowest BCUT2D eigenvalue weighted by atomic mass is 10.2. The molecule has 2 aromatic rings. The Hall–Kier alpha value is -2.44. The van der Waals surface area contributed by atoms with Gasteiger partial charge >= 0.3 is 0 Å². The van der Waals surface area contributed by atoms with Crippen molar-refractivity contribution in [1.82, 2.24) is 24.8 Å². The van der Waals surface area contributed by atoms with E-state index in [4.69, 9.17) is 0 Å². The lowest BCUT2D eigenvalue weighted by Gasteiger charge is -2.17.